The Bertz CT molecular complexity index is 484. The highest BCUT2D eigenvalue weighted by atomic mass is 16.6. The van der Waals surface area contributed by atoms with Crippen molar-refractivity contribution < 1.29 is 14.3 Å². The molecule has 1 N–H and O–H groups in total. The second-order valence-electron chi connectivity index (χ2n) is 4.92. The van der Waals surface area contributed by atoms with Gasteiger partial charge in [-0.25, -0.2) is 0 Å². The molecule has 1 fully saturated rings. The molecule has 0 aliphatic carbocycles. The Morgan fingerprint density at radius 2 is 2.11 bits per heavy atom. The minimum absolute atomic E-state index is 0.0330. The molecule has 5 heteroatoms. The molecule has 1 aromatic rings. The van der Waals surface area contributed by atoms with Gasteiger partial charge in [0, 0.05) is 25.2 Å². The van der Waals surface area contributed by atoms with Crippen LogP contribution in [0.15, 0.2) is 18.2 Å². The van der Waals surface area contributed by atoms with Gasteiger partial charge < -0.3 is 19.7 Å². The van der Waals surface area contributed by atoms with Gasteiger partial charge >= 0.3 is 0 Å². The van der Waals surface area contributed by atoms with Gasteiger partial charge in [-0.3, -0.25) is 4.79 Å². The maximum absolute atomic E-state index is 12.4. The van der Waals surface area contributed by atoms with Crippen molar-refractivity contribution in [2.45, 2.75) is 12.5 Å². The molecule has 5 nitrogen and oxygen atoms in total. The van der Waals surface area contributed by atoms with Gasteiger partial charge in [-0.05, 0) is 31.2 Å². The van der Waals surface area contributed by atoms with E-state index in [-0.39, 0.29) is 11.9 Å². The second kappa shape index (κ2) is 5.09. The zero-order valence-electron chi connectivity index (χ0n) is 11.0. The third kappa shape index (κ3) is 2.38. The van der Waals surface area contributed by atoms with E-state index in [2.05, 4.69) is 5.32 Å². The number of nitrogens with zero attached hydrogens (tertiary/aromatic N) is 1. The lowest BCUT2D eigenvalue weighted by Gasteiger charge is -2.25. The van der Waals surface area contributed by atoms with E-state index >= 15 is 0 Å². The van der Waals surface area contributed by atoms with E-state index in [1.807, 2.05) is 18.0 Å². The lowest BCUT2D eigenvalue weighted by molar-refractivity contribution is 0.0742. The topological polar surface area (TPSA) is 50.8 Å². The zero-order chi connectivity index (χ0) is 13.2. The highest BCUT2D eigenvalue weighted by molar-refractivity contribution is 5.95. The van der Waals surface area contributed by atoms with Crippen molar-refractivity contribution in [1.29, 1.82) is 0 Å². The van der Waals surface area contributed by atoms with E-state index in [0.717, 1.165) is 19.5 Å². The average molecular weight is 262 g/mol. The van der Waals surface area contributed by atoms with Gasteiger partial charge in [0.1, 0.15) is 13.2 Å². The smallest absolute Gasteiger partial charge is 0.254 e. The number of fused-ring (bicyclic) bond motifs is 1. The molecular formula is C14H18N2O3. The third-order valence-electron chi connectivity index (χ3n) is 3.69. The lowest BCUT2D eigenvalue weighted by Crippen LogP contribution is -2.38. The molecule has 2 aliphatic heterocycles. The fourth-order valence-electron chi connectivity index (χ4n) is 2.52. The fourth-order valence-corrected chi connectivity index (χ4v) is 2.52. The van der Waals surface area contributed by atoms with Crippen LogP contribution in [0.5, 0.6) is 11.5 Å². The summed E-state index contributed by atoms with van der Waals surface area (Å²) in [5.41, 5.74) is 0.652. The summed E-state index contributed by atoms with van der Waals surface area (Å²) in [6, 6.07) is 5.66. The Hall–Kier alpha value is -1.75. The molecule has 0 saturated carbocycles. The molecule has 0 radical (unpaired) electrons. The van der Waals surface area contributed by atoms with Gasteiger partial charge in [-0.2, -0.15) is 0 Å². The molecule has 0 aromatic heterocycles. The lowest BCUT2D eigenvalue weighted by atomic mass is 10.1. The molecule has 102 valence electrons. The van der Waals surface area contributed by atoms with Crippen LogP contribution in [0.1, 0.15) is 16.8 Å². The molecule has 3 rings (SSSR count). The van der Waals surface area contributed by atoms with Crippen molar-refractivity contribution >= 4 is 5.91 Å². The summed E-state index contributed by atoms with van der Waals surface area (Å²) >= 11 is 0. The van der Waals surface area contributed by atoms with Crippen LogP contribution in [0.3, 0.4) is 0 Å². The van der Waals surface area contributed by atoms with Crippen LogP contribution in [0.25, 0.3) is 0 Å². The number of carbonyl (C=O) groups excluding carboxylic acids is 1. The predicted octanol–water partition coefficient (Wildman–Crippen LogP) is 0.892. The van der Waals surface area contributed by atoms with Crippen molar-refractivity contribution in [2.75, 3.05) is 33.4 Å². The molecule has 1 aromatic carbocycles. The first kappa shape index (κ1) is 12.3. The first-order valence-electron chi connectivity index (χ1n) is 6.63. The van der Waals surface area contributed by atoms with Crippen LogP contribution >= 0.6 is 0 Å². The number of carbonyl (C=O) groups is 1. The van der Waals surface area contributed by atoms with Gasteiger partial charge in [-0.1, -0.05) is 0 Å². The molecule has 0 spiro atoms. The predicted molar refractivity (Wildman–Crippen MR) is 70.8 cm³/mol. The molecule has 1 amide bonds. The Balaban J connectivity index is 1.79. The number of benzene rings is 1. The quantitative estimate of drug-likeness (QED) is 0.860. The maximum Gasteiger partial charge on any atom is 0.254 e. The summed E-state index contributed by atoms with van der Waals surface area (Å²) in [5.74, 6) is 1.41. The number of likely N-dealkylation sites (N-methyl/N-ethyl adjacent to an activating group) is 1. The molecule has 2 aliphatic rings. The van der Waals surface area contributed by atoms with Crippen LogP contribution in [-0.4, -0.2) is 50.2 Å². The first-order chi connectivity index (χ1) is 9.25. The summed E-state index contributed by atoms with van der Waals surface area (Å²) < 4.78 is 11.0. The SMILES string of the molecule is CN(C(=O)c1ccc2c(c1)OCCO2)C1CCNC1. The first-order valence-corrected chi connectivity index (χ1v) is 6.63. The Morgan fingerprint density at radius 1 is 1.32 bits per heavy atom. The number of hydrogen-bond donors (Lipinski definition) is 1. The van der Waals surface area contributed by atoms with Crippen molar-refractivity contribution in [3.8, 4) is 11.5 Å². The van der Waals surface area contributed by atoms with E-state index in [1.165, 1.54) is 0 Å². The van der Waals surface area contributed by atoms with E-state index in [1.54, 1.807) is 12.1 Å². The van der Waals surface area contributed by atoms with Crippen LogP contribution in [0.2, 0.25) is 0 Å². The van der Waals surface area contributed by atoms with Gasteiger partial charge in [0.2, 0.25) is 0 Å². The van der Waals surface area contributed by atoms with Gasteiger partial charge in [0.15, 0.2) is 11.5 Å². The van der Waals surface area contributed by atoms with Crippen LogP contribution in [0, 0.1) is 0 Å². The minimum atomic E-state index is 0.0330. The van der Waals surface area contributed by atoms with Crippen LogP contribution in [-0.2, 0) is 0 Å². The highest BCUT2D eigenvalue weighted by Crippen LogP contribution is 2.31. The normalized spacial score (nSPS) is 21.2. The Morgan fingerprint density at radius 3 is 2.84 bits per heavy atom. The molecule has 1 saturated heterocycles. The highest BCUT2D eigenvalue weighted by Gasteiger charge is 2.25. The molecule has 0 bridgehead atoms. The minimum Gasteiger partial charge on any atom is -0.486 e. The standard InChI is InChI=1S/C14H18N2O3/c1-16(11-4-5-15-9-11)14(17)10-2-3-12-13(8-10)19-7-6-18-12/h2-3,8,11,15H,4-7,9H2,1H3. The molecule has 2 heterocycles. The summed E-state index contributed by atoms with van der Waals surface area (Å²) in [7, 11) is 1.86. The number of nitrogens with one attached hydrogen (secondary N) is 1. The van der Waals surface area contributed by atoms with E-state index in [9.17, 15) is 4.79 Å². The van der Waals surface area contributed by atoms with Crippen LogP contribution < -0.4 is 14.8 Å². The molecular weight excluding hydrogens is 244 g/mol. The maximum atomic E-state index is 12.4. The number of rotatable bonds is 2. The summed E-state index contributed by atoms with van der Waals surface area (Å²) in [4.78, 5) is 14.2. The van der Waals surface area contributed by atoms with Gasteiger partial charge in [0.05, 0.1) is 0 Å². The van der Waals surface area contributed by atoms with Crippen molar-refractivity contribution in [3.05, 3.63) is 23.8 Å². The zero-order valence-corrected chi connectivity index (χ0v) is 11.0. The van der Waals surface area contributed by atoms with E-state index < -0.39 is 0 Å². The Kier molecular flexibility index (Phi) is 3.29. The van der Waals surface area contributed by atoms with Crippen molar-refractivity contribution in [1.82, 2.24) is 10.2 Å². The van der Waals surface area contributed by atoms with Crippen LogP contribution in [0.4, 0.5) is 0 Å². The Labute approximate surface area is 112 Å². The van der Waals surface area contributed by atoms with Crippen molar-refractivity contribution in [3.63, 3.8) is 0 Å². The average Bonchev–Trinajstić information content (AvgIpc) is 2.99. The number of amides is 1. The number of hydrogen-bond acceptors (Lipinski definition) is 4. The second-order valence-corrected chi connectivity index (χ2v) is 4.92. The monoisotopic (exact) mass is 262 g/mol. The summed E-state index contributed by atoms with van der Waals surface area (Å²) in [6.07, 6.45) is 1.01. The molecule has 1 unspecified atom stereocenters. The molecule has 1 atom stereocenters. The number of ether oxygens (including phenoxy) is 2. The van der Waals surface area contributed by atoms with E-state index in [0.29, 0.717) is 30.3 Å². The largest absolute Gasteiger partial charge is 0.486 e. The fraction of sp³-hybridized carbons (Fsp3) is 0.500. The summed E-state index contributed by atoms with van der Waals surface area (Å²) in [5, 5.41) is 3.27. The van der Waals surface area contributed by atoms with Crippen molar-refractivity contribution in [2.24, 2.45) is 0 Å². The molecule has 19 heavy (non-hydrogen) atoms. The van der Waals surface area contributed by atoms with Gasteiger partial charge in [0.25, 0.3) is 5.91 Å². The van der Waals surface area contributed by atoms with Gasteiger partial charge in [-0.15, -0.1) is 0 Å². The van der Waals surface area contributed by atoms with E-state index in [4.69, 9.17) is 9.47 Å². The summed E-state index contributed by atoms with van der Waals surface area (Å²) in [6.45, 7) is 2.94. The third-order valence-corrected chi connectivity index (χ3v) is 3.69.